The largest absolute Gasteiger partial charge is 0.486 e. The van der Waals surface area contributed by atoms with Gasteiger partial charge in [-0.25, -0.2) is 8.42 Å². The van der Waals surface area contributed by atoms with Gasteiger partial charge in [0.1, 0.15) is 19.8 Å². The molecule has 0 saturated heterocycles. The van der Waals surface area contributed by atoms with Crippen LogP contribution in [0.1, 0.15) is 37.8 Å². The van der Waals surface area contributed by atoms with Gasteiger partial charge in [-0.05, 0) is 79.4 Å². The molecular formula is C34H39Cl2N2O4S+. The van der Waals surface area contributed by atoms with Gasteiger partial charge in [0.25, 0.3) is 0 Å². The summed E-state index contributed by atoms with van der Waals surface area (Å²) < 4.78 is 42.1. The van der Waals surface area contributed by atoms with E-state index >= 15 is 0 Å². The Morgan fingerprint density at radius 3 is 2.21 bits per heavy atom. The van der Waals surface area contributed by atoms with Crippen molar-refractivity contribution >= 4 is 44.0 Å². The fourth-order valence-electron chi connectivity index (χ4n) is 5.75. The monoisotopic (exact) mass is 641 g/mol. The summed E-state index contributed by atoms with van der Waals surface area (Å²) in [5.74, 6) is 1.34. The molecule has 43 heavy (non-hydrogen) atoms. The normalized spacial score (nSPS) is 13.5. The predicted molar refractivity (Wildman–Crippen MR) is 175 cm³/mol. The van der Waals surface area contributed by atoms with Crippen LogP contribution in [-0.4, -0.2) is 56.6 Å². The fourth-order valence-corrected chi connectivity index (χ4v) is 7.77. The number of ether oxygens (including phenoxy) is 2. The van der Waals surface area contributed by atoms with Gasteiger partial charge < -0.3 is 14.0 Å². The molecule has 0 spiro atoms. The molecule has 0 aromatic heterocycles. The average Bonchev–Trinajstić information content (AvgIpc) is 3.03. The Morgan fingerprint density at radius 2 is 1.49 bits per heavy atom. The van der Waals surface area contributed by atoms with Crippen molar-refractivity contribution in [3.63, 3.8) is 0 Å². The molecule has 5 rings (SSSR count). The molecule has 0 fully saturated rings. The summed E-state index contributed by atoms with van der Waals surface area (Å²) in [7, 11) is -3.78. The lowest BCUT2D eigenvalue weighted by Crippen LogP contribution is -2.48. The number of fused-ring (bicyclic) bond motifs is 2. The summed E-state index contributed by atoms with van der Waals surface area (Å²) in [6, 6.07) is 24.5. The minimum Gasteiger partial charge on any atom is -0.486 e. The van der Waals surface area contributed by atoms with Gasteiger partial charge in [0.2, 0.25) is 10.0 Å². The number of hydrogen-bond acceptors (Lipinski definition) is 4. The van der Waals surface area contributed by atoms with E-state index in [1.807, 2.05) is 66.7 Å². The van der Waals surface area contributed by atoms with Crippen molar-refractivity contribution in [3.8, 4) is 11.5 Å². The molecule has 0 bridgehead atoms. The number of rotatable bonds is 13. The van der Waals surface area contributed by atoms with Crippen molar-refractivity contribution in [2.24, 2.45) is 0 Å². The third kappa shape index (κ3) is 7.30. The molecule has 1 aliphatic rings. The molecule has 0 saturated carbocycles. The molecule has 0 unspecified atom stereocenters. The summed E-state index contributed by atoms with van der Waals surface area (Å²) in [5.41, 5.74) is 1.82. The number of quaternary nitrogens is 1. The van der Waals surface area contributed by atoms with Crippen LogP contribution in [0.5, 0.6) is 11.5 Å². The lowest BCUT2D eigenvalue weighted by Gasteiger charge is -2.37. The molecular weight excluding hydrogens is 603 g/mol. The average molecular weight is 643 g/mol. The molecule has 0 aliphatic carbocycles. The second-order valence-electron chi connectivity index (χ2n) is 11.1. The van der Waals surface area contributed by atoms with Crippen LogP contribution in [0.15, 0.2) is 83.8 Å². The van der Waals surface area contributed by atoms with E-state index in [1.165, 1.54) is 0 Å². The van der Waals surface area contributed by atoms with E-state index in [4.69, 9.17) is 32.7 Å². The molecule has 9 heteroatoms. The van der Waals surface area contributed by atoms with Gasteiger partial charge in [0, 0.05) is 18.7 Å². The zero-order valence-electron chi connectivity index (χ0n) is 24.8. The lowest BCUT2D eigenvalue weighted by molar-refractivity contribution is -0.937. The third-order valence-corrected chi connectivity index (χ3v) is 11.1. The Kier molecular flexibility index (Phi) is 10.2. The van der Waals surface area contributed by atoms with Crippen molar-refractivity contribution in [1.29, 1.82) is 0 Å². The van der Waals surface area contributed by atoms with Crippen LogP contribution in [-0.2, 0) is 23.1 Å². The third-order valence-electron chi connectivity index (χ3n) is 8.51. The molecule has 6 nitrogen and oxygen atoms in total. The zero-order valence-corrected chi connectivity index (χ0v) is 27.1. The Labute approximate surface area is 265 Å². The molecule has 0 N–H and O–H groups in total. The first-order chi connectivity index (χ1) is 20.7. The smallest absolute Gasteiger partial charge is 0.243 e. The standard InChI is InChI=1S/C34H39Cl2N2O4S/c1-3-38(4-2,25-30-31(35)12-9-13-32(30)36)19-8-7-18-37(24-26-14-17-33-34(22-26)42-21-20-41-33)43(39,40)29-16-15-27-10-5-6-11-28(27)23-29/h5-6,9-17,22-23H,3-4,7-8,18-21,24-25H2,1-2H3/q+1. The van der Waals surface area contributed by atoms with Crippen molar-refractivity contribution in [2.45, 2.75) is 44.7 Å². The van der Waals surface area contributed by atoms with Crippen LogP contribution < -0.4 is 9.47 Å². The number of halogens is 2. The number of hydrogen-bond donors (Lipinski definition) is 0. The number of benzene rings is 4. The summed E-state index contributed by atoms with van der Waals surface area (Å²) in [5, 5.41) is 3.27. The van der Waals surface area contributed by atoms with Crippen LogP contribution in [0.25, 0.3) is 10.8 Å². The first kappa shape index (κ1) is 31.6. The topological polar surface area (TPSA) is 55.8 Å². The second-order valence-corrected chi connectivity index (χ2v) is 13.8. The van der Waals surface area contributed by atoms with E-state index in [-0.39, 0.29) is 6.54 Å². The molecule has 1 aliphatic heterocycles. The van der Waals surface area contributed by atoms with Crippen molar-refractivity contribution in [1.82, 2.24) is 4.31 Å². The highest BCUT2D eigenvalue weighted by atomic mass is 35.5. The van der Waals surface area contributed by atoms with Crippen molar-refractivity contribution < 1.29 is 22.4 Å². The van der Waals surface area contributed by atoms with Gasteiger partial charge in [-0.2, -0.15) is 4.31 Å². The highest BCUT2D eigenvalue weighted by Crippen LogP contribution is 2.33. The second kappa shape index (κ2) is 13.9. The van der Waals surface area contributed by atoms with Crippen LogP contribution >= 0.6 is 23.2 Å². The van der Waals surface area contributed by atoms with Gasteiger partial charge in [0.15, 0.2) is 11.5 Å². The van der Waals surface area contributed by atoms with E-state index < -0.39 is 10.0 Å². The number of sulfonamides is 1. The zero-order chi connectivity index (χ0) is 30.5. The molecule has 4 aromatic rings. The minimum atomic E-state index is -3.78. The predicted octanol–water partition coefficient (Wildman–Crippen LogP) is 7.95. The van der Waals surface area contributed by atoms with Crippen molar-refractivity contribution in [2.75, 3.05) is 39.4 Å². The van der Waals surface area contributed by atoms with Gasteiger partial charge in [0.05, 0.1) is 34.6 Å². The van der Waals surface area contributed by atoms with E-state index in [0.717, 1.165) is 59.0 Å². The summed E-state index contributed by atoms with van der Waals surface area (Å²) in [4.78, 5) is 0.296. The number of nitrogens with zero attached hydrogens (tertiary/aromatic N) is 2. The van der Waals surface area contributed by atoms with E-state index in [9.17, 15) is 8.42 Å². The van der Waals surface area contributed by atoms with Crippen LogP contribution in [0.2, 0.25) is 10.0 Å². The summed E-state index contributed by atoms with van der Waals surface area (Å²) in [6.45, 7) is 9.47. The van der Waals surface area contributed by atoms with Crippen LogP contribution in [0.3, 0.4) is 0 Å². The maximum atomic E-state index is 14.1. The summed E-state index contributed by atoms with van der Waals surface area (Å²) >= 11 is 13.1. The van der Waals surface area contributed by atoms with E-state index in [0.29, 0.717) is 52.6 Å². The minimum absolute atomic E-state index is 0.239. The van der Waals surface area contributed by atoms with Crippen molar-refractivity contribution in [3.05, 3.63) is 100 Å². The number of unbranched alkanes of at least 4 members (excludes halogenated alkanes) is 1. The maximum Gasteiger partial charge on any atom is 0.243 e. The molecule has 0 radical (unpaired) electrons. The molecule has 1 heterocycles. The highest BCUT2D eigenvalue weighted by Gasteiger charge is 2.28. The SMILES string of the molecule is CC[N+](CC)(CCCCN(Cc1ccc2c(c1)OCCO2)S(=O)(=O)c1ccc2ccccc2c1)Cc1c(Cl)cccc1Cl. The summed E-state index contributed by atoms with van der Waals surface area (Å²) in [6.07, 6.45) is 1.57. The maximum absolute atomic E-state index is 14.1. The van der Waals surface area contributed by atoms with E-state index in [2.05, 4.69) is 13.8 Å². The first-order valence-corrected chi connectivity index (χ1v) is 17.1. The quantitative estimate of drug-likeness (QED) is 0.110. The fraction of sp³-hybridized carbons (Fsp3) is 0.353. The molecule has 4 aromatic carbocycles. The van der Waals surface area contributed by atoms with Crippen LogP contribution in [0.4, 0.5) is 0 Å². The molecule has 0 atom stereocenters. The first-order valence-electron chi connectivity index (χ1n) is 14.9. The van der Waals surface area contributed by atoms with Crippen LogP contribution in [0, 0.1) is 0 Å². The van der Waals surface area contributed by atoms with E-state index in [1.54, 1.807) is 16.4 Å². The molecule has 0 amide bonds. The van der Waals surface area contributed by atoms with Gasteiger partial charge in [-0.15, -0.1) is 0 Å². The van der Waals surface area contributed by atoms with Gasteiger partial charge in [-0.1, -0.05) is 65.7 Å². The van der Waals surface area contributed by atoms with Gasteiger partial charge >= 0.3 is 0 Å². The molecule has 228 valence electrons. The van der Waals surface area contributed by atoms with Gasteiger partial charge in [-0.3, -0.25) is 0 Å². The Balaban J connectivity index is 1.36. The Hall–Kier alpha value is -2.81. The lowest BCUT2D eigenvalue weighted by atomic mass is 10.1. The Bertz CT molecular complexity index is 1650. The Morgan fingerprint density at radius 1 is 0.791 bits per heavy atom. The highest BCUT2D eigenvalue weighted by molar-refractivity contribution is 7.89.